The molecule has 0 aliphatic rings. The topological polar surface area (TPSA) is 32.3 Å². The molecule has 0 aliphatic carbocycles. The number of rotatable bonds is 2. The van der Waals surface area contributed by atoms with Gasteiger partial charge in [0.1, 0.15) is 0 Å². The van der Waals surface area contributed by atoms with Crippen LogP contribution in [0.3, 0.4) is 0 Å². The van der Waals surface area contributed by atoms with Gasteiger partial charge in [-0.3, -0.25) is 0 Å². The van der Waals surface area contributed by atoms with E-state index in [2.05, 4.69) is 21.2 Å². The van der Waals surface area contributed by atoms with Crippen molar-refractivity contribution in [2.75, 3.05) is 18.9 Å². The normalized spacial score (nSPS) is 9.87. The first-order valence-corrected chi connectivity index (χ1v) is 5.62. The number of carbonyl (C=O) groups is 1. The second-order valence-electron chi connectivity index (χ2n) is 3.43. The Labute approximate surface area is 98.6 Å². The van der Waals surface area contributed by atoms with E-state index < -0.39 is 0 Å². The zero-order valence-electron chi connectivity index (χ0n) is 9.17. The Morgan fingerprint density at radius 1 is 1.53 bits per heavy atom. The molecule has 0 aliphatic heterocycles. The number of hydrogen-bond acceptors (Lipinski definition) is 1. The average molecular weight is 271 g/mol. The smallest absolute Gasteiger partial charge is 0.321 e. The summed E-state index contributed by atoms with van der Waals surface area (Å²) < 4.78 is 0.894. The number of urea groups is 1. The molecule has 0 bridgehead atoms. The molecule has 4 heteroatoms. The van der Waals surface area contributed by atoms with Crippen LogP contribution < -0.4 is 5.32 Å². The fourth-order valence-electron chi connectivity index (χ4n) is 1.09. The van der Waals surface area contributed by atoms with Crippen molar-refractivity contribution in [3.63, 3.8) is 0 Å². The molecule has 0 aromatic heterocycles. The number of aryl methyl sites for hydroxylation is 1. The molecule has 0 heterocycles. The number of nitrogens with one attached hydrogen (secondary N) is 1. The van der Waals surface area contributed by atoms with Gasteiger partial charge in [-0.2, -0.15) is 0 Å². The van der Waals surface area contributed by atoms with Gasteiger partial charge >= 0.3 is 6.03 Å². The average Bonchev–Trinajstić information content (AvgIpc) is 2.22. The lowest BCUT2D eigenvalue weighted by Crippen LogP contribution is -2.31. The lowest BCUT2D eigenvalue weighted by Gasteiger charge is -2.16. The first-order chi connectivity index (χ1) is 7.04. The molecule has 0 fully saturated rings. The van der Waals surface area contributed by atoms with Crippen LogP contribution in [0.2, 0.25) is 0 Å². The molecular weight excluding hydrogens is 256 g/mol. The first-order valence-electron chi connectivity index (χ1n) is 4.83. The highest BCUT2D eigenvalue weighted by Crippen LogP contribution is 2.23. The van der Waals surface area contributed by atoms with E-state index in [1.54, 1.807) is 11.9 Å². The molecule has 2 amide bonds. The van der Waals surface area contributed by atoms with Crippen molar-refractivity contribution in [3.8, 4) is 0 Å². The van der Waals surface area contributed by atoms with Crippen molar-refractivity contribution < 1.29 is 4.79 Å². The Hall–Kier alpha value is -1.03. The molecule has 1 aromatic rings. The van der Waals surface area contributed by atoms with Gasteiger partial charge in [0.05, 0.1) is 5.69 Å². The third-order valence-electron chi connectivity index (χ3n) is 2.18. The lowest BCUT2D eigenvalue weighted by molar-refractivity contribution is 0.224. The molecule has 82 valence electrons. The monoisotopic (exact) mass is 270 g/mol. The summed E-state index contributed by atoms with van der Waals surface area (Å²) in [4.78, 5) is 13.2. The van der Waals surface area contributed by atoms with Crippen molar-refractivity contribution in [2.24, 2.45) is 0 Å². The number of amides is 2. The Balaban J connectivity index is 2.80. The number of halogens is 1. The summed E-state index contributed by atoms with van der Waals surface area (Å²) in [5, 5.41) is 2.84. The molecule has 0 radical (unpaired) electrons. The van der Waals surface area contributed by atoms with Gasteiger partial charge < -0.3 is 10.2 Å². The van der Waals surface area contributed by atoms with Gasteiger partial charge in [0.25, 0.3) is 0 Å². The lowest BCUT2D eigenvalue weighted by atomic mass is 10.2. The van der Waals surface area contributed by atoms with Crippen LogP contribution in [0, 0.1) is 6.92 Å². The van der Waals surface area contributed by atoms with Gasteiger partial charge in [-0.1, -0.05) is 6.07 Å². The summed E-state index contributed by atoms with van der Waals surface area (Å²) in [6.07, 6.45) is 0. The molecule has 0 saturated carbocycles. The minimum Gasteiger partial charge on any atom is -0.328 e. The van der Waals surface area contributed by atoms with Crippen LogP contribution in [0.25, 0.3) is 0 Å². The minimum atomic E-state index is -0.0937. The second-order valence-corrected chi connectivity index (χ2v) is 4.28. The van der Waals surface area contributed by atoms with Crippen LogP contribution in [-0.4, -0.2) is 24.5 Å². The van der Waals surface area contributed by atoms with Gasteiger partial charge in [0.2, 0.25) is 0 Å². The van der Waals surface area contributed by atoms with Crippen molar-refractivity contribution in [2.45, 2.75) is 13.8 Å². The fraction of sp³-hybridized carbons (Fsp3) is 0.364. The maximum atomic E-state index is 11.6. The van der Waals surface area contributed by atoms with Crippen LogP contribution >= 0.6 is 15.9 Å². The summed E-state index contributed by atoms with van der Waals surface area (Å²) >= 11 is 3.40. The number of anilines is 1. The van der Waals surface area contributed by atoms with Gasteiger partial charge in [0, 0.05) is 18.1 Å². The third-order valence-corrected chi connectivity index (χ3v) is 2.88. The summed E-state index contributed by atoms with van der Waals surface area (Å²) in [7, 11) is 1.76. The summed E-state index contributed by atoms with van der Waals surface area (Å²) in [6.45, 7) is 4.62. The largest absolute Gasteiger partial charge is 0.328 e. The zero-order valence-corrected chi connectivity index (χ0v) is 10.8. The van der Waals surface area contributed by atoms with Gasteiger partial charge in [-0.25, -0.2) is 4.79 Å². The van der Waals surface area contributed by atoms with E-state index in [0.717, 1.165) is 15.7 Å². The molecule has 0 spiro atoms. The highest BCUT2D eigenvalue weighted by Gasteiger charge is 2.08. The number of benzene rings is 1. The van der Waals surface area contributed by atoms with Crippen LogP contribution in [0.5, 0.6) is 0 Å². The standard InChI is InChI=1S/C11H15BrN2O/c1-4-14(3)11(15)13-10-7-8(2)5-6-9(10)12/h5-7H,4H2,1-3H3,(H,13,15). The van der Waals surface area contributed by atoms with Crippen LogP contribution in [0.4, 0.5) is 10.5 Å². The molecule has 3 nitrogen and oxygen atoms in total. The summed E-state index contributed by atoms with van der Waals surface area (Å²) in [6, 6.07) is 5.76. The predicted octanol–water partition coefficient (Wildman–Crippen LogP) is 3.24. The third kappa shape index (κ3) is 3.23. The summed E-state index contributed by atoms with van der Waals surface area (Å²) in [5.41, 5.74) is 1.92. The zero-order chi connectivity index (χ0) is 11.4. The predicted molar refractivity (Wildman–Crippen MR) is 66.2 cm³/mol. The maximum absolute atomic E-state index is 11.6. The van der Waals surface area contributed by atoms with Gasteiger partial charge in [-0.05, 0) is 47.5 Å². The van der Waals surface area contributed by atoms with E-state index in [-0.39, 0.29) is 6.03 Å². The van der Waals surface area contributed by atoms with Gasteiger partial charge in [0.15, 0.2) is 0 Å². The maximum Gasteiger partial charge on any atom is 0.321 e. The van der Waals surface area contributed by atoms with Crippen molar-refractivity contribution in [1.82, 2.24) is 4.90 Å². The van der Waals surface area contributed by atoms with Crippen molar-refractivity contribution in [1.29, 1.82) is 0 Å². The van der Waals surface area contributed by atoms with Crippen LogP contribution in [0.15, 0.2) is 22.7 Å². The van der Waals surface area contributed by atoms with E-state index in [1.165, 1.54) is 0 Å². The molecule has 0 saturated heterocycles. The molecule has 0 atom stereocenters. The van der Waals surface area contributed by atoms with Crippen molar-refractivity contribution >= 4 is 27.6 Å². The Morgan fingerprint density at radius 3 is 2.80 bits per heavy atom. The number of hydrogen-bond donors (Lipinski definition) is 1. The number of nitrogens with zero attached hydrogens (tertiary/aromatic N) is 1. The minimum absolute atomic E-state index is 0.0937. The van der Waals surface area contributed by atoms with E-state index in [1.807, 2.05) is 32.0 Å². The highest BCUT2D eigenvalue weighted by atomic mass is 79.9. The molecule has 1 rings (SSSR count). The molecule has 1 aromatic carbocycles. The fourth-order valence-corrected chi connectivity index (χ4v) is 1.43. The quantitative estimate of drug-likeness (QED) is 0.879. The van der Waals surface area contributed by atoms with Crippen molar-refractivity contribution in [3.05, 3.63) is 28.2 Å². The van der Waals surface area contributed by atoms with Gasteiger partial charge in [-0.15, -0.1) is 0 Å². The van der Waals surface area contributed by atoms with E-state index >= 15 is 0 Å². The molecule has 0 unspecified atom stereocenters. The number of carbonyl (C=O) groups excluding carboxylic acids is 1. The van der Waals surface area contributed by atoms with E-state index in [9.17, 15) is 4.79 Å². The molecule has 1 N–H and O–H groups in total. The van der Waals surface area contributed by atoms with E-state index in [4.69, 9.17) is 0 Å². The SMILES string of the molecule is CCN(C)C(=O)Nc1cc(C)ccc1Br. The van der Waals surface area contributed by atoms with Crippen LogP contribution in [0.1, 0.15) is 12.5 Å². The Bertz CT molecular complexity index is 366. The van der Waals surface area contributed by atoms with E-state index in [0.29, 0.717) is 6.54 Å². The highest BCUT2D eigenvalue weighted by molar-refractivity contribution is 9.10. The summed E-state index contributed by atoms with van der Waals surface area (Å²) in [5.74, 6) is 0. The Morgan fingerprint density at radius 2 is 2.20 bits per heavy atom. The first kappa shape index (κ1) is 12.0. The molecule has 15 heavy (non-hydrogen) atoms. The van der Waals surface area contributed by atoms with Crippen LogP contribution in [-0.2, 0) is 0 Å². The molecular formula is C11H15BrN2O. The second kappa shape index (κ2) is 5.16. The Kier molecular flexibility index (Phi) is 4.15.